The summed E-state index contributed by atoms with van der Waals surface area (Å²) in [5.41, 5.74) is 1.57. The van der Waals surface area contributed by atoms with Gasteiger partial charge in [0, 0.05) is 17.2 Å². The van der Waals surface area contributed by atoms with Crippen LogP contribution in [0, 0.1) is 5.82 Å². The van der Waals surface area contributed by atoms with Crippen molar-refractivity contribution in [1.29, 1.82) is 0 Å². The summed E-state index contributed by atoms with van der Waals surface area (Å²) in [4.78, 5) is 29.4. The molecule has 0 aliphatic heterocycles. The number of nitrogens with zero attached hydrogens (tertiary/aromatic N) is 3. The predicted octanol–water partition coefficient (Wildman–Crippen LogP) is 3.94. The number of benzene rings is 2. The summed E-state index contributed by atoms with van der Waals surface area (Å²) in [5, 5.41) is 4.26. The zero-order valence-electron chi connectivity index (χ0n) is 17.3. The Balaban J connectivity index is 1.42. The number of fused-ring (bicyclic) bond motifs is 1. The van der Waals surface area contributed by atoms with Gasteiger partial charge in [-0.05, 0) is 55.5 Å². The first-order valence-electron chi connectivity index (χ1n) is 10.1. The highest BCUT2D eigenvalue weighted by atomic mass is 32.1. The fourth-order valence-corrected chi connectivity index (χ4v) is 4.14. The maximum atomic E-state index is 13.1. The van der Waals surface area contributed by atoms with Crippen LogP contribution in [0.25, 0.3) is 33.7 Å². The van der Waals surface area contributed by atoms with E-state index in [4.69, 9.17) is 9.15 Å². The van der Waals surface area contributed by atoms with E-state index in [-0.39, 0.29) is 17.3 Å². The highest BCUT2D eigenvalue weighted by molar-refractivity contribution is 7.15. The lowest BCUT2D eigenvalue weighted by atomic mass is 10.1. The van der Waals surface area contributed by atoms with E-state index in [1.807, 2.05) is 0 Å². The molecule has 0 bridgehead atoms. The third-order valence-electron chi connectivity index (χ3n) is 4.86. The Labute approximate surface area is 190 Å². The quantitative estimate of drug-likeness (QED) is 0.369. The Morgan fingerprint density at radius 3 is 2.52 bits per heavy atom. The summed E-state index contributed by atoms with van der Waals surface area (Å²) in [6.45, 7) is 2.07. The number of esters is 1. The summed E-state index contributed by atoms with van der Waals surface area (Å²) < 4.78 is 25.6. The van der Waals surface area contributed by atoms with Gasteiger partial charge >= 0.3 is 5.97 Å². The zero-order valence-corrected chi connectivity index (χ0v) is 18.1. The molecule has 0 amide bonds. The summed E-state index contributed by atoms with van der Waals surface area (Å²) in [6, 6.07) is 16.2. The van der Waals surface area contributed by atoms with Crippen LogP contribution in [0.5, 0.6) is 0 Å². The molecule has 0 saturated carbocycles. The predicted molar refractivity (Wildman–Crippen MR) is 121 cm³/mol. The van der Waals surface area contributed by atoms with Gasteiger partial charge in [0.1, 0.15) is 21.9 Å². The molecule has 0 aliphatic carbocycles. The van der Waals surface area contributed by atoms with E-state index < -0.39 is 0 Å². The minimum Gasteiger partial charge on any atom is -0.462 e. The Morgan fingerprint density at radius 2 is 1.82 bits per heavy atom. The van der Waals surface area contributed by atoms with Gasteiger partial charge in [0.05, 0.1) is 12.2 Å². The largest absolute Gasteiger partial charge is 0.462 e. The van der Waals surface area contributed by atoms with Crippen LogP contribution in [-0.4, -0.2) is 27.2 Å². The maximum Gasteiger partial charge on any atom is 0.338 e. The standard InChI is InChI=1S/C24H16FN3O4S/c1-2-31-23(30)16-5-3-14(4-6-16)19-12-11-18(32-19)13-20-22(29)28-24(33-20)26-21(27-28)15-7-9-17(25)10-8-15/h3-13H,2H2,1H3/b20-13-. The Kier molecular flexibility index (Phi) is 5.31. The second-order valence-electron chi connectivity index (χ2n) is 7.05. The molecule has 3 aromatic heterocycles. The number of thiazole rings is 1. The molecule has 33 heavy (non-hydrogen) atoms. The van der Waals surface area contributed by atoms with Crippen molar-refractivity contribution < 1.29 is 18.3 Å². The summed E-state index contributed by atoms with van der Waals surface area (Å²) >= 11 is 1.19. The molecular weight excluding hydrogens is 445 g/mol. The molecular formula is C24H16FN3O4S. The number of ether oxygens (including phenoxy) is 1. The van der Waals surface area contributed by atoms with Crippen molar-refractivity contribution in [2.24, 2.45) is 0 Å². The SMILES string of the molecule is CCOC(=O)c1ccc(-c2ccc(/C=c3\sc4nc(-c5ccc(F)cc5)nn4c3=O)o2)cc1. The van der Waals surface area contributed by atoms with Crippen molar-refractivity contribution >= 4 is 28.3 Å². The molecule has 0 atom stereocenters. The van der Waals surface area contributed by atoms with Crippen LogP contribution in [0.4, 0.5) is 4.39 Å². The number of furan rings is 1. The first-order chi connectivity index (χ1) is 16.0. The number of hydrogen-bond donors (Lipinski definition) is 0. The fourth-order valence-electron chi connectivity index (χ4n) is 3.25. The number of halogens is 1. The first-order valence-corrected chi connectivity index (χ1v) is 10.9. The molecule has 7 nitrogen and oxygen atoms in total. The zero-order chi connectivity index (χ0) is 22.9. The maximum absolute atomic E-state index is 13.1. The monoisotopic (exact) mass is 461 g/mol. The van der Waals surface area contributed by atoms with Gasteiger partial charge in [0.25, 0.3) is 5.56 Å². The van der Waals surface area contributed by atoms with E-state index >= 15 is 0 Å². The first kappa shape index (κ1) is 20.8. The normalized spacial score (nSPS) is 11.9. The van der Waals surface area contributed by atoms with Crippen molar-refractivity contribution in [2.45, 2.75) is 6.92 Å². The molecule has 0 saturated heterocycles. The van der Waals surface area contributed by atoms with E-state index in [9.17, 15) is 14.0 Å². The van der Waals surface area contributed by atoms with Crippen LogP contribution in [0.1, 0.15) is 23.0 Å². The number of carbonyl (C=O) groups is 1. The van der Waals surface area contributed by atoms with Gasteiger partial charge in [0.15, 0.2) is 5.82 Å². The second kappa shape index (κ2) is 8.44. The highest BCUT2D eigenvalue weighted by Gasteiger charge is 2.13. The van der Waals surface area contributed by atoms with Gasteiger partial charge in [-0.25, -0.2) is 9.18 Å². The van der Waals surface area contributed by atoms with Crippen molar-refractivity contribution in [3.8, 4) is 22.7 Å². The van der Waals surface area contributed by atoms with Crippen molar-refractivity contribution in [2.75, 3.05) is 6.61 Å². The number of aromatic nitrogens is 3. The van der Waals surface area contributed by atoms with Gasteiger partial charge in [-0.3, -0.25) is 4.79 Å². The minimum absolute atomic E-state index is 0.312. The molecule has 3 heterocycles. The lowest BCUT2D eigenvalue weighted by molar-refractivity contribution is 0.0526. The van der Waals surface area contributed by atoms with Crippen molar-refractivity contribution in [3.63, 3.8) is 0 Å². The molecule has 0 aliphatic rings. The van der Waals surface area contributed by atoms with Gasteiger partial charge in [-0.15, -0.1) is 5.10 Å². The third kappa shape index (κ3) is 4.06. The van der Waals surface area contributed by atoms with E-state index in [0.717, 1.165) is 5.56 Å². The number of rotatable bonds is 5. The van der Waals surface area contributed by atoms with E-state index in [1.54, 1.807) is 61.5 Å². The van der Waals surface area contributed by atoms with Crippen LogP contribution < -0.4 is 10.1 Å². The van der Waals surface area contributed by atoms with Gasteiger partial charge in [-0.1, -0.05) is 23.5 Å². The number of carbonyl (C=O) groups excluding carboxylic acids is 1. The lowest BCUT2D eigenvalue weighted by Crippen LogP contribution is -2.23. The molecule has 0 spiro atoms. The molecule has 0 unspecified atom stereocenters. The van der Waals surface area contributed by atoms with E-state index in [0.29, 0.717) is 44.6 Å². The minimum atomic E-state index is -0.376. The summed E-state index contributed by atoms with van der Waals surface area (Å²) in [6.07, 6.45) is 1.64. The summed E-state index contributed by atoms with van der Waals surface area (Å²) in [5.74, 6) is 0.728. The highest BCUT2D eigenvalue weighted by Crippen LogP contribution is 2.23. The average Bonchev–Trinajstić information content (AvgIpc) is 3.52. The lowest BCUT2D eigenvalue weighted by Gasteiger charge is -2.02. The second-order valence-corrected chi connectivity index (χ2v) is 8.06. The molecule has 9 heteroatoms. The van der Waals surface area contributed by atoms with Crippen molar-refractivity contribution in [3.05, 3.63) is 92.7 Å². The van der Waals surface area contributed by atoms with Crippen molar-refractivity contribution in [1.82, 2.24) is 14.6 Å². The topological polar surface area (TPSA) is 86.7 Å². The van der Waals surface area contributed by atoms with Crippen LogP contribution in [0.3, 0.4) is 0 Å². The fraction of sp³-hybridized carbons (Fsp3) is 0.0833. The van der Waals surface area contributed by atoms with Crippen LogP contribution in [0.2, 0.25) is 0 Å². The molecule has 5 rings (SSSR count). The summed E-state index contributed by atoms with van der Waals surface area (Å²) in [7, 11) is 0. The average molecular weight is 461 g/mol. The molecule has 5 aromatic rings. The molecule has 2 aromatic carbocycles. The van der Waals surface area contributed by atoms with Crippen LogP contribution >= 0.6 is 11.3 Å². The van der Waals surface area contributed by atoms with Crippen LogP contribution in [0.15, 0.2) is 69.9 Å². The molecule has 0 fully saturated rings. The van der Waals surface area contributed by atoms with Gasteiger partial charge in [0.2, 0.25) is 4.96 Å². The third-order valence-corrected chi connectivity index (χ3v) is 5.82. The molecule has 164 valence electrons. The van der Waals surface area contributed by atoms with E-state index in [2.05, 4.69) is 10.1 Å². The van der Waals surface area contributed by atoms with Crippen LogP contribution in [-0.2, 0) is 4.74 Å². The van der Waals surface area contributed by atoms with E-state index in [1.165, 1.54) is 28.0 Å². The Morgan fingerprint density at radius 1 is 1.09 bits per heavy atom. The molecule has 0 N–H and O–H groups in total. The van der Waals surface area contributed by atoms with Gasteiger partial charge in [-0.2, -0.15) is 9.50 Å². The Bertz CT molecular complexity index is 1570. The smallest absolute Gasteiger partial charge is 0.338 e. The Hall–Kier alpha value is -4.11. The number of hydrogen-bond acceptors (Lipinski definition) is 7. The van der Waals surface area contributed by atoms with Gasteiger partial charge < -0.3 is 9.15 Å². The molecule has 0 radical (unpaired) electrons.